The van der Waals surface area contributed by atoms with Gasteiger partial charge in [-0.2, -0.15) is 0 Å². The number of rotatable bonds is 3. The molecule has 0 saturated carbocycles. The molecular formula is C9H20O3. The largest absolute Gasteiger partial charge is 0.503 e. The van der Waals surface area contributed by atoms with Gasteiger partial charge in [0.05, 0.1) is 0 Å². The second-order valence-electron chi connectivity index (χ2n) is 1.99. The van der Waals surface area contributed by atoms with Gasteiger partial charge >= 0.3 is 6.16 Å². The molecule has 0 unspecified atom stereocenters. The molecule has 0 rings (SSSR count). The van der Waals surface area contributed by atoms with Gasteiger partial charge in [0.15, 0.2) is 0 Å². The Morgan fingerprint density at radius 3 is 1.33 bits per heavy atom. The van der Waals surface area contributed by atoms with Crippen LogP contribution in [0.1, 0.15) is 39.5 Å². The average molecular weight is 176 g/mol. The maximum absolute atomic E-state index is 8.56. The molecule has 0 aliphatic heterocycles. The molecule has 0 aromatic heterocycles. The van der Waals surface area contributed by atoms with Crippen LogP contribution < -0.4 is 0 Å². The van der Waals surface area contributed by atoms with Crippen molar-refractivity contribution >= 4 is 6.16 Å². The second kappa shape index (κ2) is 22.5. The van der Waals surface area contributed by atoms with Crippen LogP contribution in [0.5, 0.6) is 0 Å². The first kappa shape index (κ1) is 17.2. The van der Waals surface area contributed by atoms with E-state index in [2.05, 4.69) is 27.0 Å². The molecular weight excluding hydrogens is 156 g/mol. The van der Waals surface area contributed by atoms with E-state index in [1.807, 2.05) is 0 Å². The van der Waals surface area contributed by atoms with Gasteiger partial charge < -0.3 is 10.2 Å². The Hall–Kier alpha value is -0.990. The molecule has 3 nitrogen and oxygen atoms in total. The third-order valence-electron chi connectivity index (χ3n) is 0.957. The fourth-order valence-corrected chi connectivity index (χ4v) is 0.500. The highest BCUT2D eigenvalue weighted by Crippen LogP contribution is 1.95. The maximum Gasteiger partial charge on any atom is 0.503 e. The third-order valence-corrected chi connectivity index (χ3v) is 0.957. The monoisotopic (exact) mass is 176 g/mol. The van der Waals surface area contributed by atoms with E-state index >= 15 is 0 Å². The molecule has 0 aliphatic carbocycles. The molecule has 0 bridgehead atoms. The lowest BCUT2D eigenvalue weighted by Gasteiger charge is -1.86. The summed E-state index contributed by atoms with van der Waals surface area (Å²) in [6, 6.07) is 0. The summed E-state index contributed by atoms with van der Waals surface area (Å²) >= 11 is 0. The van der Waals surface area contributed by atoms with Crippen molar-refractivity contribution in [2.45, 2.75) is 39.5 Å². The number of unbranched alkanes of at least 4 members (excludes halogenated alkanes) is 3. The van der Waals surface area contributed by atoms with Gasteiger partial charge in [-0.1, -0.05) is 39.5 Å². The van der Waals surface area contributed by atoms with Crippen LogP contribution in [0.15, 0.2) is 13.2 Å². The van der Waals surface area contributed by atoms with Crippen molar-refractivity contribution in [2.75, 3.05) is 0 Å². The highest BCUT2D eigenvalue weighted by atomic mass is 16.6. The Morgan fingerprint density at radius 2 is 1.25 bits per heavy atom. The number of hydrogen-bond donors (Lipinski definition) is 2. The summed E-state index contributed by atoms with van der Waals surface area (Å²) in [5.41, 5.74) is 0. The van der Waals surface area contributed by atoms with Crippen molar-refractivity contribution in [1.82, 2.24) is 0 Å². The zero-order valence-electron chi connectivity index (χ0n) is 8.05. The number of hydrogen-bond acceptors (Lipinski definition) is 1. The lowest BCUT2D eigenvalue weighted by atomic mass is 10.2. The van der Waals surface area contributed by atoms with Crippen LogP contribution in [0.3, 0.4) is 0 Å². The van der Waals surface area contributed by atoms with Crippen molar-refractivity contribution in [1.29, 1.82) is 0 Å². The van der Waals surface area contributed by atoms with Crippen molar-refractivity contribution in [3.8, 4) is 0 Å². The van der Waals surface area contributed by atoms with E-state index in [0.29, 0.717) is 0 Å². The molecule has 0 amide bonds. The minimum Gasteiger partial charge on any atom is -0.450 e. The normalized spacial score (nSPS) is 6.83. The van der Waals surface area contributed by atoms with E-state index < -0.39 is 6.16 Å². The Labute approximate surface area is 74.7 Å². The van der Waals surface area contributed by atoms with Crippen molar-refractivity contribution in [3.63, 3.8) is 0 Å². The van der Waals surface area contributed by atoms with E-state index in [1.54, 1.807) is 0 Å². The van der Waals surface area contributed by atoms with Crippen LogP contribution in [0.2, 0.25) is 0 Å². The van der Waals surface area contributed by atoms with Gasteiger partial charge in [-0.3, -0.25) is 0 Å². The smallest absolute Gasteiger partial charge is 0.450 e. The van der Waals surface area contributed by atoms with Crippen LogP contribution in [0, 0.1) is 0 Å². The first-order valence-corrected chi connectivity index (χ1v) is 4.07. The summed E-state index contributed by atoms with van der Waals surface area (Å²) in [4.78, 5) is 8.56. The van der Waals surface area contributed by atoms with E-state index in [-0.39, 0.29) is 0 Å². The molecule has 3 heteroatoms. The molecule has 0 fully saturated rings. The summed E-state index contributed by atoms with van der Waals surface area (Å²) in [5.74, 6) is 0. The van der Waals surface area contributed by atoms with Crippen molar-refractivity contribution in [3.05, 3.63) is 13.2 Å². The second-order valence-corrected chi connectivity index (χ2v) is 1.99. The van der Waals surface area contributed by atoms with Gasteiger partial charge in [-0.15, -0.1) is 13.2 Å². The van der Waals surface area contributed by atoms with E-state index in [4.69, 9.17) is 15.0 Å². The molecule has 0 aromatic carbocycles. The number of carboxylic acid groups (broad SMARTS) is 2. The highest BCUT2D eigenvalue weighted by Gasteiger charge is 1.75. The lowest BCUT2D eigenvalue weighted by Crippen LogP contribution is -1.81. The molecule has 0 aliphatic rings. The minimum absolute atomic E-state index is 1.36. The zero-order chi connectivity index (χ0) is 10.4. The zero-order valence-corrected chi connectivity index (χ0v) is 8.05. The Morgan fingerprint density at radius 1 is 1.08 bits per heavy atom. The first-order chi connectivity index (χ1) is 5.65. The standard InChI is InChI=1S/C6H14.C2H4.CH2O3/c1-3-5-6-4-2;1-2;2-1(3)4/h3-6H2,1-2H3;1-2H2;(H2,2,3,4). The predicted octanol–water partition coefficient (Wildman–Crippen LogP) is 3.61. The fraction of sp³-hybridized carbons (Fsp3) is 0.667. The van der Waals surface area contributed by atoms with E-state index in [9.17, 15) is 0 Å². The quantitative estimate of drug-likeness (QED) is 0.510. The summed E-state index contributed by atoms with van der Waals surface area (Å²) in [6.45, 7) is 10.5. The third kappa shape index (κ3) is 143. The van der Waals surface area contributed by atoms with E-state index in [1.165, 1.54) is 25.7 Å². The minimum atomic E-state index is -1.83. The summed E-state index contributed by atoms with van der Waals surface area (Å²) in [5, 5.41) is 13.9. The fourth-order valence-electron chi connectivity index (χ4n) is 0.500. The maximum atomic E-state index is 8.56. The van der Waals surface area contributed by atoms with Crippen LogP contribution >= 0.6 is 0 Å². The van der Waals surface area contributed by atoms with Gasteiger partial charge in [0, 0.05) is 0 Å². The Kier molecular flexibility index (Phi) is 32.2. The molecule has 2 N–H and O–H groups in total. The van der Waals surface area contributed by atoms with Gasteiger partial charge in [-0.05, 0) is 0 Å². The summed E-state index contributed by atoms with van der Waals surface area (Å²) in [7, 11) is 0. The van der Waals surface area contributed by atoms with Gasteiger partial charge in [-0.25, -0.2) is 4.79 Å². The molecule has 0 radical (unpaired) electrons. The summed E-state index contributed by atoms with van der Waals surface area (Å²) in [6.07, 6.45) is 3.70. The first-order valence-electron chi connectivity index (χ1n) is 4.07. The van der Waals surface area contributed by atoms with Crippen LogP contribution in [0.4, 0.5) is 4.79 Å². The molecule has 74 valence electrons. The molecule has 0 spiro atoms. The molecule has 0 heterocycles. The highest BCUT2D eigenvalue weighted by molar-refractivity contribution is 5.53. The number of carbonyl (C=O) groups is 1. The molecule has 12 heavy (non-hydrogen) atoms. The average Bonchev–Trinajstić information content (AvgIpc) is 2.04. The van der Waals surface area contributed by atoms with Gasteiger partial charge in [0.25, 0.3) is 0 Å². The molecule has 0 saturated heterocycles. The van der Waals surface area contributed by atoms with E-state index in [0.717, 1.165) is 0 Å². The SMILES string of the molecule is C=C.CCCCCC.O=C(O)O. The molecule has 0 aromatic rings. The Balaban J connectivity index is -0.000000118. The van der Waals surface area contributed by atoms with Crippen LogP contribution in [-0.4, -0.2) is 16.4 Å². The van der Waals surface area contributed by atoms with Crippen LogP contribution in [-0.2, 0) is 0 Å². The molecule has 0 atom stereocenters. The summed E-state index contributed by atoms with van der Waals surface area (Å²) < 4.78 is 0. The van der Waals surface area contributed by atoms with Crippen LogP contribution in [0.25, 0.3) is 0 Å². The van der Waals surface area contributed by atoms with Crippen molar-refractivity contribution < 1.29 is 15.0 Å². The van der Waals surface area contributed by atoms with Gasteiger partial charge in [0.1, 0.15) is 0 Å². The predicted molar refractivity (Wildman–Crippen MR) is 51.7 cm³/mol. The van der Waals surface area contributed by atoms with Crippen molar-refractivity contribution in [2.24, 2.45) is 0 Å². The van der Waals surface area contributed by atoms with Gasteiger partial charge in [0.2, 0.25) is 0 Å². The topological polar surface area (TPSA) is 57.5 Å². The Bertz CT molecular complexity index is 73.8. The lowest BCUT2D eigenvalue weighted by molar-refractivity contribution is 0.137.